The van der Waals surface area contributed by atoms with Crippen molar-refractivity contribution in [3.05, 3.63) is 47.2 Å². The summed E-state index contributed by atoms with van der Waals surface area (Å²) in [5.41, 5.74) is 2.59. The number of anilines is 2. The number of fused-ring (bicyclic) bond motifs is 1. The van der Waals surface area contributed by atoms with Gasteiger partial charge in [0.25, 0.3) is 0 Å². The summed E-state index contributed by atoms with van der Waals surface area (Å²) in [5, 5.41) is 6.88. The Bertz CT molecular complexity index is 1500. The van der Waals surface area contributed by atoms with Crippen molar-refractivity contribution in [2.24, 2.45) is 0 Å². The maximum Gasteiger partial charge on any atom is 0.228 e. The number of sulfone groups is 1. The molecule has 0 bridgehead atoms. The Morgan fingerprint density at radius 1 is 1.10 bits per heavy atom. The van der Waals surface area contributed by atoms with Crippen molar-refractivity contribution in [2.75, 3.05) is 24.7 Å². The van der Waals surface area contributed by atoms with Crippen molar-refractivity contribution in [2.45, 2.75) is 62.4 Å². The van der Waals surface area contributed by atoms with E-state index >= 15 is 0 Å². The Kier molecular flexibility index (Phi) is 7.68. The molecule has 3 fully saturated rings. The number of aryl methyl sites for hydroxylation is 1. The second-order valence-electron chi connectivity index (χ2n) is 10.3. The molecular formula is C27H32N6O4S2. The van der Waals surface area contributed by atoms with Crippen LogP contribution < -0.4 is 10.6 Å². The monoisotopic (exact) mass is 568 g/mol. The number of carbonyl (C=O) groups excluding carboxylic acids is 2. The molecule has 6 rings (SSSR count). The Labute approximate surface area is 232 Å². The molecule has 3 aliphatic heterocycles. The molecule has 5 heterocycles. The van der Waals surface area contributed by atoms with Crippen LogP contribution in [0.4, 0.5) is 11.6 Å². The van der Waals surface area contributed by atoms with Crippen molar-refractivity contribution < 1.29 is 18.0 Å². The minimum absolute atomic E-state index is 0.0274. The second-order valence-corrected chi connectivity index (χ2v) is 13.2. The second kappa shape index (κ2) is 11.0. The zero-order valence-electron chi connectivity index (χ0n) is 22.1. The fraction of sp³-hybridized carbons (Fsp3) is 0.444. The number of nitrogens with one attached hydrogen (secondary N) is 2. The van der Waals surface area contributed by atoms with Gasteiger partial charge >= 0.3 is 0 Å². The largest absolute Gasteiger partial charge is 0.356 e. The summed E-state index contributed by atoms with van der Waals surface area (Å²) in [6.07, 6.45) is 11.1. The number of aromatic nitrogens is 3. The molecule has 1 aromatic carbocycles. The quantitative estimate of drug-likeness (QED) is 0.349. The molecule has 206 valence electrons. The number of hydrogen-bond donors (Lipinski definition) is 2. The van der Waals surface area contributed by atoms with Gasteiger partial charge in [-0.1, -0.05) is 12.5 Å². The van der Waals surface area contributed by atoms with Crippen LogP contribution in [0, 0.1) is 6.92 Å². The van der Waals surface area contributed by atoms with E-state index in [1.165, 1.54) is 18.7 Å². The number of carbonyl (C=O) groups is 2. The number of benzene rings is 1. The van der Waals surface area contributed by atoms with E-state index in [1.54, 1.807) is 11.3 Å². The smallest absolute Gasteiger partial charge is 0.228 e. The maximum atomic E-state index is 12.0. The first kappa shape index (κ1) is 27.2. The molecule has 1 atom stereocenters. The van der Waals surface area contributed by atoms with Crippen LogP contribution in [-0.4, -0.2) is 59.4 Å². The topological polar surface area (TPSA) is 134 Å². The van der Waals surface area contributed by atoms with Crippen molar-refractivity contribution in [1.82, 2.24) is 25.2 Å². The third-order valence-corrected chi connectivity index (χ3v) is 9.39. The predicted molar refractivity (Wildman–Crippen MR) is 149 cm³/mol. The summed E-state index contributed by atoms with van der Waals surface area (Å²) in [5.74, 6) is 0.660. The van der Waals surface area contributed by atoms with Crippen LogP contribution in [-0.2, 0) is 25.0 Å². The van der Waals surface area contributed by atoms with E-state index in [0.717, 1.165) is 78.1 Å². The number of thiazole rings is 1. The Morgan fingerprint density at radius 2 is 1.95 bits per heavy atom. The summed E-state index contributed by atoms with van der Waals surface area (Å²) >= 11 is 1.63. The average Bonchev–Trinajstić information content (AvgIpc) is 3.43. The summed E-state index contributed by atoms with van der Waals surface area (Å²) in [7, 11) is -3.42. The third kappa shape index (κ3) is 5.96. The van der Waals surface area contributed by atoms with E-state index in [2.05, 4.69) is 31.7 Å². The van der Waals surface area contributed by atoms with Gasteiger partial charge in [0.1, 0.15) is 10.5 Å². The lowest BCUT2D eigenvalue weighted by Gasteiger charge is -2.45. The van der Waals surface area contributed by atoms with Gasteiger partial charge in [0, 0.05) is 43.8 Å². The molecule has 3 aliphatic rings. The molecule has 3 saturated heterocycles. The normalized spacial score (nSPS) is 20.7. The first-order valence-corrected chi connectivity index (χ1v) is 15.8. The molecule has 0 aliphatic carbocycles. The van der Waals surface area contributed by atoms with E-state index in [9.17, 15) is 18.0 Å². The van der Waals surface area contributed by atoms with Gasteiger partial charge in [0.2, 0.25) is 17.8 Å². The van der Waals surface area contributed by atoms with E-state index in [-0.39, 0.29) is 28.3 Å². The summed E-state index contributed by atoms with van der Waals surface area (Å²) in [6.45, 7) is 3.70. The van der Waals surface area contributed by atoms with Crippen molar-refractivity contribution in [3.63, 3.8) is 0 Å². The molecule has 0 spiro atoms. The number of hydrogen-bond acceptors (Lipinski definition) is 9. The molecule has 39 heavy (non-hydrogen) atoms. The summed E-state index contributed by atoms with van der Waals surface area (Å²) in [4.78, 5) is 38.4. The van der Waals surface area contributed by atoms with Crippen LogP contribution in [0.3, 0.4) is 0 Å². The number of nitrogens with zero attached hydrogens (tertiary/aromatic N) is 4. The molecule has 3 aromatic rings. The first-order chi connectivity index (χ1) is 18.6. The van der Waals surface area contributed by atoms with E-state index in [4.69, 9.17) is 0 Å². The molecule has 2 aromatic heterocycles. The SMILES string of the molecule is Cc1cc(Nc2nccc(S(C)(=O)=O)n2)cc(-c2cnc(C34CCCN3C(=O)C4)s2)c1.O=C1CCCCCN1. The molecule has 2 amide bonds. The van der Waals surface area contributed by atoms with Crippen LogP contribution in [0.15, 0.2) is 41.7 Å². The molecule has 0 radical (unpaired) electrons. The van der Waals surface area contributed by atoms with Crippen molar-refractivity contribution >= 4 is 44.6 Å². The van der Waals surface area contributed by atoms with Gasteiger partial charge in [-0.3, -0.25) is 9.59 Å². The highest BCUT2D eigenvalue weighted by molar-refractivity contribution is 7.90. The number of β-lactam (4-membered cyclic amide) rings is 1. The molecule has 2 N–H and O–H groups in total. The van der Waals surface area contributed by atoms with Crippen LogP contribution >= 0.6 is 11.3 Å². The fourth-order valence-corrected chi connectivity index (χ4v) is 6.93. The molecular weight excluding hydrogens is 536 g/mol. The first-order valence-electron chi connectivity index (χ1n) is 13.1. The van der Waals surface area contributed by atoms with E-state index in [1.807, 2.05) is 30.2 Å². The van der Waals surface area contributed by atoms with Gasteiger partial charge in [0.15, 0.2) is 14.9 Å². The minimum Gasteiger partial charge on any atom is -0.356 e. The van der Waals surface area contributed by atoms with Crippen molar-refractivity contribution in [1.29, 1.82) is 0 Å². The third-order valence-electron chi connectivity index (χ3n) is 7.17. The van der Waals surface area contributed by atoms with Gasteiger partial charge in [-0.25, -0.2) is 23.4 Å². The number of amides is 2. The fourth-order valence-electron chi connectivity index (χ4n) is 5.24. The average molecular weight is 569 g/mol. The van der Waals surface area contributed by atoms with Crippen LogP contribution in [0.1, 0.15) is 55.5 Å². The van der Waals surface area contributed by atoms with E-state index < -0.39 is 9.84 Å². The highest BCUT2D eigenvalue weighted by Gasteiger charge is 2.56. The highest BCUT2D eigenvalue weighted by Crippen LogP contribution is 2.51. The molecule has 10 nitrogen and oxygen atoms in total. The lowest BCUT2D eigenvalue weighted by atomic mass is 9.85. The molecule has 0 saturated carbocycles. The van der Waals surface area contributed by atoms with E-state index in [0.29, 0.717) is 6.42 Å². The summed E-state index contributed by atoms with van der Waals surface area (Å²) < 4.78 is 23.5. The zero-order chi connectivity index (χ0) is 27.6. The Morgan fingerprint density at radius 3 is 2.74 bits per heavy atom. The lowest BCUT2D eigenvalue weighted by molar-refractivity contribution is -0.153. The highest BCUT2D eigenvalue weighted by atomic mass is 32.2. The van der Waals surface area contributed by atoms with Crippen molar-refractivity contribution in [3.8, 4) is 10.4 Å². The van der Waals surface area contributed by atoms with Crippen LogP contribution in [0.5, 0.6) is 0 Å². The minimum atomic E-state index is -3.42. The zero-order valence-corrected chi connectivity index (χ0v) is 23.7. The predicted octanol–water partition coefficient (Wildman–Crippen LogP) is 3.95. The standard InChI is InChI=1S/C21H21N5O3S2.C6H11NO/c1-13-8-14(10-15(9-13)24-20-22-6-4-17(25-20)31(2,28)29)16-12-23-19(30-16)21-5-3-7-26(21)18(27)11-21;8-6-4-2-1-3-5-7-6/h4,6,8-10,12H,3,5,7,11H2,1-2H3,(H,22,24,25);1-5H2,(H,7,8). The van der Waals surface area contributed by atoms with Gasteiger partial charge in [0.05, 0.1) is 11.3 Å². The van der Waals surface area contributed by atoms with Crippen LogP contribution in [0.2, 0.25) is 0 Å². The van der Waals surface area contributed by atoms with Gasteiger partial charge < -0.3 is 15.5 Å². The van der Waals surface area contributed by atoms with Gasteiger partial charge in [-0.15, -0.1) is 11.3 Å². The molecule has 1 unspecified atom stereocenters. The van der Waals surface area contributed by atoms with Crippen LogP contribution in [0.25, 0.3) is 10.4 Å². The lowest BCUT2D eigenvalue weighted by Crippen LogP contribution is -2.57. The van der Waals surface area contributed by atoms with Gasteiger partial charge in [-0.05, 0) is 61.9 Å². The number of rotatable bonds is 5. The molecule has 12 heteroatoms. The maximum absolute atomic E-state index is 12.0. The Hall–Kier alpha value is -3.38. The Balaban J connectivity index is 0.000000332. The van der Waals surface area contributed by atoms with Gasteiger partial charge in [-0.2, -0.15) is 0 Å². The summed E-state index contributed by atoms with van der Waals surface area (Å²) in [6, 6.07) is 7.37.